The van der Waals surface area contributed by atoms with Crippen LogP contribution in [0.4, 0.5) is 0 Å². The molecule has 0 heterocycles. The third kappa shape index (κ3) is 3.26. The molecule has 22 heavy (non-hydrogen) atoms. The van der Waals surface area contributed by atoms with E-state index in [4.69, 9.17) is 4.74 Å². The van der Waals surface area contributed by atoms with Crippen molar-refractivity contribution >= 4 is 5.97 Å². The van der Waals surface area contributed by atoms with Crippen molar-refractivity contribution in [2.45, 2.75) is 80.6 Å². The predicted molar refractivity (Wildman–Crippen MR) is 93.7 cm³/mol. The van der Waals surface area contributed by atoms with Crippen LogP contribution in [0, 0.1) is 22.2 Å². The molecule has 3 atom stereocenters. The van der Waals surface area contributed by atoms with E-state index in [1.165, 1.54) is 25.7 Å². The average Bonchev–Trinajstić information content (AvgIpc) is 2.42. The summed E-state index contributed by atoms with van der Waals surface area (Å²) in [4.78, 5) is 11.7. The molecule has 0 bridgehead atoms. The molecular weight excluding hydrogens is 272 g/mol. The molecule has 1 rings (SSSR count). The third-order valence-corrected chi connectivity index (χ3v) is 7.00. The minimum absolute atomic E-state index is 0.170. The van der Waals surface area contributed by atoms with Gasteiger partial charge in [-0.2, -0.15) is 0 Å². The normalized spacial score (nSPS) is 34.2. The van der Waals surface area contributed by atoms with E-state index in [-0.39, 0.29) is 16.8 Å². The van der Waals surface area contributed by atoms with Crippen molar-refractivity contribution in [1.82, 2.24) is 0 Å². The molecule has 0 aliphatic heterocycles. The summed E-state index contributed by atoms with van der Waals surface area (Å²) in [5.41, 5.74) is 1.21. The largest absolute Gasteiger partial charge is 0.462 e. The number of rotatable bonds is 6. The zero-order chi connectivity index (χ0) is 17.2. The first-order valence-electron chi connectivity index (χ1n) is 8.84. The van der Waals surface area contributed by atoms with E-state index in [1.54, 1.807) is 6.92 Å². The Hall–Kier alpha value is -0.790. The Morgan fingerprint density at radius 3 is 2.32 bits per heavy atom. The third-order valence-electron chi connectivity index (χ3n) is 7.00. The lowest BCUT2D eigenvalue weighted by Crippen LogP contribution is -2.55. The van der Waals surface area contributed by atoms with Crippen LogP contribution in [0.25, 0.3) is 0 Å². The van der Waals surface area contributed by atoms with Gasteiger partial charge < -0.3 is 4.74 Å². The summed E-state index contributed by atoms with van der Waals surface area (Å²) >= 11 is 0. The van der Waals surface area contributed by atoms with E-state index >= 15 is 0 Å². The van der Waals surface area contributed by atoms with Gasteiger partial charge in [0.15, 0.2) is 0 Å². The molecule has 1 aliphatic carbocycles. The van der Waals surface area contributed by atoms with Crippen LogP contribution in [0.5, 0.6) is 0 Å². The molecule has 2 nitrogen and oxygen atoms in total. The number of carbonyl (C=O) groups excluding carboxylic acids is 1. The molecule has 0 aromatic heterocycles. The summed E-state index contributed by atoms with van der Waals surface area (Å²) in [6, 6.07) is 0. The van der Waals surface area contributed by atoms with Crippen molar-refractivity contribution in [1.29, 1.82) is 0 Å². The first-order chi connectivity index (χ1) is 10.0. The molecule has 0 aromatic rings. The summed E-state index contributed by atoms with van der Waals surface area (Å²) in [6.45, 7) is 20.2. The SMILES string of the molecule is C=C(C)C(=O)OCCC1(C)C(C)(C)CCC(C)C1(C)CCC. The molecule has 0 amide bonds. The van der Waals surface area contributed by atoms with Crippen LogP contribution in [0.15, 0.2) is 12.2 Å². The van der Waals surface area contributed by atoms with Crippen LogP contribution in [0.1, 0.15) is 80.6 Å². The van der Waals surface area contributed by atoms with E-state index in [9.17, 15) is 4.79 Å². The Kier molecular flexibility index (Phi) is 5.92. The molecule has 0 spiro atoms. The van der Waals surface area contributed by atoms with E-state index < -0.39 is 0 Å². The molecule has 0 aromatic carbocycles. The quantitative estimate of drug-likeness (QED) is 0.460. The van der Waals surface area contributed by atoms with Crippen LogP contribution in [0.3, 0.4) is 0 Å². The predicted octanol–water partition coefficient (Wildman–Crippen LogP) is 5.76. The molecule has 1 fully saturated rings. The van der Waals surface area contributed by atoms with Crippen molar-refractivity contribution in [3.8, 4) is 0 Å². The van der Waals surface area contributed by atoms with Crippen LogP contribution >= 0.6 is 0 Å². The molecule has 0 N–H and O–H groups in total. The number of esters is 1. The van der Waals surface area contributed by atoms with Gasteiger partial charge in [-0.05, 0) is 54.8 Å². The highest BCUT2D eigenvalue weighted by molar-refractivity contribution is 5.86. The standard InChI is InChI=1S/C20H36O2/c1-9-11-19(7)16(4)10-12-18(5,6)20(19,8)13-14-22-17(21)15(2)3/h16H,2,9-14H2,1,3-8H3. The maximum absolute atomic E-state index is 11.7. The Labute approximate surface area is 137 Å². The zero-order valence-electron chi connectivity index (χ0n) is 15.8. The van der Waals surface area contributed by atoms with Gasteiger partial charge in [0, 0.05) is 5.57 Å². The highest BCUT2D eigenvalue weighted by Crippen LogP contribution is 2.65. The van der Waals surface area contributed by atoms with E-state index in [2.05, 4.69) is 48.1 Å². The van der Waals surface area contributed by atoms with Crippen LogP contribution < -0.4 is 0 Å². The van der Waals surface area contributed by atoms with E-state index in [1.807, 2.05) is 0 Å². The first kappa shape index (κ1) is 19.3. The molecule has 3 unspecified atom stereocenters. The Morgan fingerprint density at radius 1 is 1.23 bits per heavy atom. The summed E-state index contributed by atoms with van der Waals surface area (Å²) in [5, 5.41) is 0. The smallest absolute Gasteiger partial charge is 0.333 e. The minimum atomic E-state index is -0.262. The number of hydrogen-bond acceptors (Lipinski definition) is 2. The minimum Gasteiger partial charge on any atom is -0.462 e. The summed E-state index contributed by atoms with van der Waals surface area (Å²) in [7, 11) is 0. The zero-order valence-corrected chi connectivity index (χ0v) is 15.8. The first-order valence-corrected chi connectivity index (χ1v) is 8.84. The van der Waals surface area contributed by atoms with Gasteiger partial charge in [0.05, 0.1) is 6.61 Å². The van der Waals surface area contributed by atoms with Gasteiger partial charge in [-0.3, -0.25) is 0 Å². The van der Waals surface area contributed by atoms with Gasteiger partial charge in [0.1, 0.15) is 0 Å². The second-order valence-electron chi connectivity index (χ2n) is 8.49. The second kappa shape index (κ2) is 6.76. The van der Waals surface area contributed by atoms with Crippen LogP contribution in [-0.4, -0.2) is 12.6 Å². The van der Waals surface area contributed by atoms with Crippen molar-refractivity contribution < 1.29 is 9.53 Å². The lowest BCUT2D eigenvalue weighted by molar-refractivity contribution is -0.154. The maximum Gasteiger partial charge on any atom is 0.333 e. The van der Waals surface area contributed by atoms with E-state index in [0.29, 0.717) is 23.5 Å². The fraction of sp³-hybridized carbons (Fsp3) is 0.850. The summed E-state index contributed by atoms with van der Waals surface area (Å²) < 4.78 is 5.43. The summed E-state index contributed by atoms with van der Waals surface area (Å²) in [6.07, 6.45) is 5.92. The van der Waals surface area contributed by atoms with Gasteiger partial charge in [-0.1, -0.05) is 54.5 Å². The monoisotopic (exact) mass is 308 g/mol. The lowest BCUT2D eigenvalue weighted by Gasteiger charge is -2.62. The van der Waals surface area contributed by atoms with Crippen molar-refractivity contribution in [2.75, 3.05) is 6.61 Å². The fourth-order valence-electron chi connectivity index (χ4n) is 4.63. The van der Waals surface area contributed by atoms with Gasteiger partial charge in [0.25, 0.3) is 0 Å². The average molecular weight is 309 g/mol. The second-order valence-corrected chi connectivity index (χ2v) is 8.49. The Bertz CT molecular complexity index is 423. The Morgan fingerprint density at radius 2 is 1.82 bits per heavy atom. The molecule has 0 radical (unpaired) electrons. The van der Waals surface area contributed by atoms with Gasteiger partial charge in [-0.25, -0.2) is 4.79 Å². The highest BCUT2D eigenvalue weighted by Gasteiger charge is 2.57. The highest BCUT2D eigenvalue weighted by atomic mass is 16.5. The van der Waals surface area contributed by atoms with Crippen LogP contribution in [0.2, 0.25) is 0 Å². The molecule has 1 saturated carbocycles. The molecule has 1 aliphatic rings. The molecule has 0 saturated heterocycles. The van der Waals surface area contributed by atoms with Gasteiger partial charge in [0.2, 0.25) is 0 Å². The van der Waals surface area contributed by atoms with Gasteiger partial charge >= 0.3 is 5.97 Å². The lowest BCUT2D eigenvalue weighted by atomic mass is 9.42. The Balaban J connectivity index is 2.99. The van der Waals surface area contributed by atoms with Crippen LogP contribution in [-0.2, 0) is 9.53 Å². The number of carbonyl (C=O) groups is 1. The van der Waals surface area contributed by atoms with Crippen molar-refractivity contribution in [3.05, 3.63) is 12.2 Å². The molecule has 2 heteroatoms. The van der Waals surface area contributed by atoms with E-state index in [0.717, 1.165) is 6.42 Å². The topological polar surface area (TPSA) is 26.3 Å². The van der Waals surface area contributed by atoms with Crippen molar-refractivity contribution in [3.63, 3.8) is 0 Å². The maximum atomic E-state index is 11.7. The number of hydrogen-bond donors (Lipinski definition) is 0. The summed E-state index contributed by atoms with van der Waals surface area (Å²) in [5.74, 6) is 0.449. The molecular formula is C20H36O2. The fourth-order valence-corrected chi connectivity index (χ4v) is 4.63. The number of ether oxygens (including phenoxy) is 1. The van der Waals surface area contributed by atoms with Gasteiger partial charge in [-0.15, -0.1) is 0 Å². The molecule has 128 valence electrons. The van der Waals surface area contributed by atoms with Crippen molar-refractivity contribution in [2.24, 2.45) is 22.2 Å².